The molecule has 0 spiro atoms. The van der Waals surface area contributed by atoms with Crippen molar-refractivity contribution >= 4 is 98.4 Å². The highest BCUT2D eigenvalue weighted by Crippen LogP contribution is 2.25. The fourth-order valence-corrected chi connectivity index (χ4v) is 10.5. The van der Waals surface area contributed by atoms with Crippen LogP contribution in [-0.2, 0) is 62.3 Å². The van der Waals surface area contributed by atoms with Crippen molar-refractivity contribution in [2.75, 3.05) is 31.1 Å². The third-order valence-corrected chi connectivity index (χ3v) is 16.1. The molecule has 2 heterocycles. The minimum Gasteiger partial charge on any atom is -0.480 e. The molecule has 2 aliphatic rings. The summed E-state index contributed by atoms with van der Waals surface area (Å²) in [5.74, 6) is -12.9. The van der Waals surface area contributed by atoms with Crippen molar-refractivity contribution < 1.29 is 67.4 Å². The normalized spacial score (nSPS) is 20.2. The molecular formula is C54H86N14O14S2. The summed E-state index contributed by atoms with van der Waals surface area (Å²) in [7, 11) is 1.92. The number of carboxylic acids is 1. The molecule has 2 fully saturated rings. The van der Waals surface area contributed by atoms with E-state index in [0.717, 1.165) is 21.6 Å². The summed E-state index contributed by atoms with van der Waals surface area (Å²) < 4.78 is 0. The summed E-state index contributed by atoms with van der Waals surface area (Å²) in [5.41, 5.74) is 10.2. The third-order valence-electron chi connectivity index (χ3n) is 13.7. The first kappa shape index (κ1) is 72.8. The lowest BCUT2D eigenvalue weighted by molar-refractivity contribution is -0.141. The van der Waals surface area contributed by atoms with E-state index in [-0.39, 0.29) is 67.1 Å². The fraction of sp³-hybridized carbons (Fsp3) is 0.611. The predicted octanol–water partition coefficient (Wildman–Crippen LogP) is -1.60. The quantitative estimate of drug-likeness (QED) is 0.0250. The molecule has 30 heteroatoms. The molecule has 2 aliphatic heterocycles. The summed E-state index contributed by atoms with van der Waals surface area (Å²) >= 11 is 0. The molecule has 468 valence electrons. The van der Waals surface area contributed by atoms with E-state index in [2.05, 4.69) is 71.6 Å². The number of carboxylic acid groups (broad SMARTS) is 1. The van der Waals surface area contributed by atoms with Gasteiger partial charge in [-0.2, -0.15) is 0 Å². The number of unbranched alkanes of at least 4 members (excludes halogenated alkanes) is 1. The van der Waals surface area contributed by atoms with Gasteiger partial charge in [0.1, 0.15) is 53.7 Å². The third kappa shape index (κ3) is 23.4. The number of carbonyl (C=O) groups is 13. The van der Waals surface area contributed by atoms with Crippen LogP contribution in [0.4, 0.5) is 0 Å². The Bertz CT molecular complexity index is 2530. The van der Waals surface area contributed by atoms with Gasteiger partial charge in [-0.05, 0) is 83.6 Å². The molecule has 0 bridgehead atoms. The van der Waals surface area contributed by atoms with Gasteiger partial charge in [-0.25, -0.2) is 0 Å². The molecule has 2 saturated heterocycles. The zero-order valence-electron chi connectivity index (χ0n) is 49.3. The maximum atomic E-state index is 14.3. The van der Waals surface area contributed by atoms with Crippen molar-refractivity contribution in [1.82, 2.24) is 63.4 Å². The Kier molecular flexibility index (Phi) is 31.6. The van der Waals surface area contributed by atoms with E-state index >= 15 is 0 Å². The molecule has 10 atom stereocenters. The lowest BCUT2D eigenvalue weighted by atomic mass is 9.98. The fourth-order valence-electron chi connectivity index (χ4n) is 8.13. The Morgan fingerprint density at radius 1 is 0.762 bits per heavy atom. The number of aliphatic carboxylic acids is 1. The topological polar surface area (TPSA) is 430 Å². The Morgan fingerprint density at radius 2 is 1.39 bits per heavy atom. The van der Waals surface area contributed by atoms with Gasteiger partial charge in [0, 0.05) is 18.1 Å². The molecule has 16 N–H and O–H groups in total. The van der Waals surface area contributed by atoms with E-state index in [1.807, 2.05) is 6.92 Å². The van der Waals surface area contributed by atoms with Gasteiger partial charge < -0.3 is 80.0 Å². The van der Waals surface area contributed by atoms with Crippen molar-refractivity contribution in [2.45, 2.75) is 162 Å². The number of rotatable bonds is 27. The van der Waals surface area contributed by atoms with Gasteiger partial charge in [-0.1, -0.05) is 101 Å². The number of nitrogens with one attached hydrogen (secondary N) is 11. The largest absolute Gasteiger partial charge is 0.480 e. The number of amides is 12. The number of hydrogen-bond donors (Lipinski definition) is 14. The molecule has 0 saturated carbocycles. The molecule has 0 aliphatic carbocycles. The summed E-state index contributed by atoms with van der Waals surface area (Å²) in [6.07, 6.45) is 5.01. The highest BCUT2D eigenvalue weighted by Gasteiger charge is 2.38. The van der Waals surface area contributed by atoms with Gasteiger partial charge in [-0.3, -0.25) is 62.3 Å². The molecule has 0 unspecified atom stereocenters. The summed E-state index contributed by atoms with van der Waals surface area (Å²) in [5, 5.41) is 36.7. The molecule has 0 radical (unpaired) electrons. The van der Waals surface area contributed by atoms with E-state index in [9.17, 15) is 67.4 Å². The smallest absolute Gasteiger partial charge is 0.325 e. The highest BCUT2D eigenvalue weighted by molar-refractivity contribution is 8.76. The van der Waals surface area contributed by atoms with Crippen LogP contribution >= 0.6 is 21.6 Å². The first-order chi connectivity index (χ1) is 39.5. The second-order valence-corrected chi connectivity index (χ2v) is 23.3. The summed E-state index contributed by atoms with van der Waals surface area (Å²) in [6.45, 7) is 21.7. The summed E-state index contributed by atoms with van der Waals surface area (Å²) in [6, 6.07) is -10.1. The van der Waals surface area contributed by atoms with E-state index in [4.69, 9.17) is 11.5 Å². The lowest BCUT2D eigenvalue weighted by Crippen LogP contribution is -2.57. The second-order valence-electron chi connectivity index (χ2n) is 20.7. The standard InChI is InChI=1S/C54H86N14O14S2/c1-12-28(7)41(56)51(78)62-33(14-3)45(72)58-31(10)44(71)67-42(29(8)13-2)52(79)59-30(9)43(70)65-36(23-27(5)6)47(74)66-38-26-84-83-25-37(48(75)64-35(19-16-17-21-55)46(73)60-32(11)54(81)82)61-40(69)24-57-50(77)39-20-18-22-68(39)53(80)34(15-4)63-49(38)76/h14-15,27-29,32,35-39,41-42H,9-10,12-13,16-26,55-56H2,1-8,11H3,(H,57,77)(H,58,72)(H,59,79)(H,60,73)(H,61,69)(H,62,78)(H,63,76)(H,64,75)(H,65,70)(H,66,74)(H,67,71)(H,81,82)/b33-14-,34-15?/t28-,29-,32-,35-,36-,37-,38-,39-,41-,42-/m0/s1. The van der Waals surface area contributed by atoms with Crippen molar-refractivity contribution in [2.24, 2.45) is 29.2 Å². The number of allylic oxidation sites excluding steroid dienone is 2. The molecule has 84 heavy (non-hydrogen) atoms. The van der Waals surface area contributed by atoms with Crippen molar-refractivity contribution in [3.8, 4) is 0 Å². The first-order valence-corrected chi connectivity index (χ1v) is 30.3. The van der Waals surface area contributed by atoms with E-state index in [1.54, 1.807) is 34.6 Å². The number of nitrogens with zero attached hydrogens (tertiary/aromatic N) is 1. The SMILES string of the molecule is C=C(NC(=O)[C@@H](NC(=O)C(=C)NC(=O)/C(=C/C)NC(=O)[C@@H](N)[C@@H](C)CC)[C@@H](C)CC)C(=O)N[C@@H](CC(C)C)C(=O)N[C@H]1CSSC[C@@H](C(=O)N[C@@H](CCCCN)C(=O)N[C@@H](C)C(=O)O)NC(=O)CNC(=O)[C@@H]2CCCN2C(=O)C(=CC)NC1=O. The predicted molar refractivity (Wildman–Crippen MR) is 315 cm³/mol. The Hall–Kier alpha value is -7.31. The minimum atomic E-state index is -1.48. The van der Waals surface area contributed by atoms with Crippen LogP contribution in [0.5, 0.6) is 0 Å². The Balaban J connectivity index is 2.42. The van der Waals surface area contributed by atoms with Crippen LogP contribution in [0.3, 0.4) is 0 Å². The monoisotopic (exact) mass is 1220 g/mol. The number of nitrogens with two attached hydrogens (primary N) is 2. The van der Waals surface area contributed by atoms with Crippen molar-refractivity contribution in [1.29, 1.82) is 0 Å². The zero-order valence-corrected chi connectivity index (χ0v) is 50.9. The number of carbonyl (C=O) groups excluding carboxylic acids is 12. The van der Waals surface area contributed by atoms with Crippen LogP contribution in [-0.4, -0.2) is 166 Å². The molecule has 0 aromatic carbocycles. The Labute approximate surface area is 497 Å². The highest BCUT2D eigenvalue weighted by atomic mass is 33.1. The van der Waals surface area contributed by atoms with E-state index in [0.29, 0.717) is 32.1 Å². The lowest BCUT2D eigenvalue weighted by Gasteiger charge is -2.27. The van der Waals surface area contributed by atoms with Crippen LogP contribution in [0.2, 0.25) is 0 Å². The van der Waals surface area contributed by atoms with Crippen molar-refractivity contribution in [3.63, 3.8) is 0 Å². The van der Waals surface area contributed by atoms with Gasteiger partial charge in [-0.15, -0.1) is 0 Å². The molecule has 0 aromatic heterocycles. The van der Waals surface area contributed by atoms with E-state index in [1.165, 1.54) is 37.8 Å². The average molecular weight is 1220 g/mol. The Morgan fingerprint density at radius 3 is 1.99 bits per heavy atom. The van der Waals surface area contributed by atoms with Crippen LogP contribution in [0, 0.1) is 17.8 Å². The average Bonchev–Trinajstić information content (AvgIpc) is 4.09. The second kappa shape index (κ2) is 36.4. The van der Waals surface area contributed by atoms with Gasteiger partial charge in [0.15, 0.2) is 0 Å². The number of hydrogen-bond acceptors (Lipinski definition) is 17. The maximum absolute atomic E-state index is 14.3. The van der Waals surface area contributed by atoms with Gasteiger partial charge in [0.2, 0.25) is 47.3 Å². The van der Waals surface area contributed by atoms with Crippen LogP contribution in [0.15, 0.2) is 48.1 Å². The number of fused-ring (bicyclic) bond motifs is 1. The first-order valence-electron chi connectivity index (χ1n) is 27.8. The molecular weight excluding hydrogens is 1130 g/mol. The van der Waals surface area contributed by atoms with Crippen molar-refractivity contribution in [3.05, 3.63) is 48.1 Å². The van der Waals surface area contributed by atoms with Gasteiger partial charge >= 0.3 is 5.97 Å². The molecule has 28 nitrogen and oxygen atoms in total. The van der Waals surface area contributed by atoms with E-state index < -0.39 is 149 Å². The molecule has 0 aromatic rings. The van der Waals surface area contributed by atoms with Crippen LogP contribution < -0.4 is 70.0 Å². The van der Waals surface area contributed by atoms with Crippen LogP contribution in [0.25, 0.3) is 0 Å². The maximum Gasteiger partial charge on any atom is 0.325 e. The zero-order chi connectivity index (χ0) is 63.5. The summed E-state index contributed by atoms with van der Waals surface area (Å²) in [4.78, 5) is 176. The van der Waals surface area contributed by atoms with Gasteiger partial charge in [0.25, 0.3) is 23.6 Å². The minimum absolute atomic E-state index is 0.0222. The molecule has 12 amide bonds. The molecule has 2 rings (SSSR count). The van der Waals surface area contributed by atoms with Gasteiger partial charge in [0.05, 0.1) is 24.0 Å². The van der Waals surface area contributed by atoms with Crippen LogP contribution in [0.1, 0.15) is 114 Å².